The Kier molecular flexibility index (Phi) is 10.7. The van der Waals surface area contributed by atoms with E-state index in [1.807, 2.05) is 36.4 Å². The van der Waals surface area contributed by atoms with E-state index in [2.05, 4.69) is 23.7 Å². The van der Waals surface area contributed by atoms with E-state index in [1.165, 1.54) is 0 Å². The second kappa shape index (κ2) is 15.1. The molecule has 4 aliphatic heterocycles. The van der Waals surface area contributed by atoms with E-state index in [9.17, 15) is 50.4 Å². The molecule has 7 rings (SSSR count). The number of carbonyl (C=O) groups is 2. The number of hydrogen-bond acceptors (Lipinski definition) is 12. The summed E-state index contributed by atoms with van der Waals surface area (Å²) >= 11 is 0. The summed E-state index contributed by atoms with van der Waals surface area (Å²) in [7, 11) is 0. The number of rotatable bonds is 4. The molecule has 4 saturated heterocycles. The summed E-state index contributed by atoms with van der Waals surface area (Å²) < 4.78 is 11.2. The van der Waals surface area contributed by atoms with Crippen LogP contribution in [0.1, 0.15) is 47.9 Å². The molecule has 2 aromatic rings. The van der Waals surface area contributed by atoms with Crippen molar-refractivity contribution in [1.82, 2.24) is 9.80 Å². The van der Waals surface area contributed by atoms with Gasteiger partial charge >= 0.3 is 0 Å². The van der Waals surface area contributed by atoms with Crippen LogP contribution in [-0.2, 0) is 24.5 Å². The maximum absolute atomic E-state index is 13.3. The molecule has 2 aromatic carbocycles. The monoisotopic (exact) mass is 732 g/mol. The van der Waals surface area contributed by atoms with Crippen LogP contribution in [0.2, 0.25) is 0 Å². The van der Waals surface area contributed by atoms with Crippen molar-refractivity contribution in [1.29, 1.82) is 0 Å². The third kappa shape index (κ3) is 6.86. The van der Waals surface area contributed by atoms with Gasteiger partial charge in [-0.15, -0.1) is 0 Å². The Morgan fingerprint density at radius 1 is 0.717 bits per heavy atom. The molecule has 0 aromatic heterocycles. The van der Waals surface area contributed by atoms with Crippen LogP contribution in [0.4, 0.5) is 0 Å². The number of hydrogen-bond donors (Lipinski definition) is 8. The van der Waals surface area contributed by atoms with Gasteiger partial charge in [0.2, 0.25) is 11.8 Å². The molecule has 10 atom stereocenters. The van der Waals surface area contributed by atoms with E-state index < -0.39 is 79.7 Å². The van der Waals surface area contributed by atoms with Crippen molar-refractivity contribution >= 4 is 11.8 Å². The zero-order valence-corrected chi connectivity index (χ0v) is 28.9. The molecule has 4 heterocycles. The molecule has 1 aliphatic carbocycles. The van der Waals surface area contributed by atoms with Gasteiger partial charge in [0, 0.05) is 42.6 Å². The first-order chi connectivity index (χ1) is 25.4. The van der Waals surface area contributed by atoms with Gasteiger partial charge in [-0.25, -0.2) is 0 Å². The highest BCUT2D eigenvalue weighted by atomic mass is 16.5. The molecule has 0 saturated carbocycles. The lowest BCUT2D eigenvalue weighted by atomic mass is 9.70. The van der Waals surface area contributed by atoms with Crippen LogP contribution in [0.3, 0.4) is 0 Å². The molecule has 0 bridgehead atoms. The van der Waals surface area contributed by atoms with Gasteiger partial charge < -0.3 is 60.1 Å². The number of ether oxygens (including phenoxy) is 2. The largest absolute Gasteiger partial charge is 0.394 e. The average Bonchev–Trinajstić information content (AvgIpc) is 3.69. The molecule has 1 spiro atoms. The Labute approximate surface area is 306 Å². The van der Waals surface area contributed by atoms with Gasteiger partial charge in [0.1, 0.15) is 61.0 Å². The first kappa shape index (κ1) is 37.4. The van der Waals surface area contributed by atoms with Gasteiger partial charge in [-0.1, -0.05) is 35.8 Å². The smallest absolute Gasteiger partial charge is 0.242 e. The van der Waals surface area contributed by atoms with E-state index in [4.69, 9.17) is 9.47 Å². The van der Waals surface area contributed by atoms with Gasteiger partial charge in [-0.3, -0.25) is 9.59 Å². The van der Waals surface area contributed by atoms with Crippen LogP contribution in [-0.4, -0.2) is 163 Å². The normalized spacial score (nSPS) is 33.1. The number of amides is 2. The predicted molar refractivity (Wildman–Crippen MR) is 186 cm³/mol. The van der Waals surface area contributed by atoms with E-state index in [0.29, 0.717) is 50.0 Å². The summed E-state index contributed by atoms with van der Waals surface area (Å²) in [6.45, 7) is 0.358. The molecule has 14 nitrogen and oxygen atoms in total. The lowest BCUT2D eigenvalue weighted by molar-refractivity contribution is -0.214. The highest BCUT2D eigenvalue weighted by molar-refractivity contribution is 5.86. The second-order valence-corrected chi connectivity index (χ2v) is 14.4. The SMILES string of the molecule is O=C(CN1CCCC1=O)N1CCC2(CC1)c1cc(C#C[C@H]3O[C@H](CO)[C@@H](O)[C@H](O)[C@@H]3O)ccc1-c1ccc(C#C[C@H]3O[C@H](CO)[C@@H](O)[C@H](O)[C@@H]3O)cc12. The lowest BCUT2D eigenvalue weighted by Crippen LogP contribution is -2.58. The third-order valence-corrected chi connectivity index (χ3v) is 11.3. The summed E-state index contributed by atoms with van der Waals surface area (Å²) in [5, 5.41) is 81.0. The van der Waals surface area contributed by atoms with Gasteiger partial charge in [0.05, 0.1) is 19.8 Å². The molecule has 282 valence electrons. The second-order valence-electron chi connectivity index (χ2n) is 14.4. The van der Waals surface area contributed by atoms with Crippen LogP contribution in [0.15, 0.2) is 36.4 Å². The summed E-state index contributed by atoms with van der Waals surface area (Å²) in [6.07, 6.45) is -11.3. The average molecular weight is 733 g/mol. The Hall–Kier alpha value is -3.90. The Morgan fingerprint density at radius 2 is 1.21 bits per heavy atom. The molecule has 2 amide bonds. The highest BCUT2D eigenvalue weighted by Crippen LogP contribution is 2.54. The maximum atomic E-state index is 13.3. The molecule has 8 N–H and O–H groups in total. The first-order valence-electron chi connectivity index (χ1n) is 17.9. The number of piperidine rings is 1. The van der Waals surface area contributed by atoms with Crippen molar-refractivity contribution in [3.05, 3.63) is 58.7 Å². The van der Waals surface area contributed by atoms with Crippen molar-refractivity contribution in [2.75, 3.05) is 39.4 Å². The van der Waals surface area contributed by atoms with E-state index in [-0.39, 0.29) is 18.4 Å². The quantitative estimate of drug-likeness (QED) is 0.154. The fourth-order valence-electron chi connectivity index (χ4n) is 8.21. The molecule has 0 radical (unpaired) electrons. The van der Waals surface area contributed by atoms with Gasteiger partial charge in [-0.05, 0) is 65.8 Å². The Balaban J connectivity index is 1.20. The van der Waals surface area contributed by atoms with Crippen molar-refractivity contribution in [3.8, 4) is 34.8 Å². The lowest BCUT2D eigenvalue weighted by Gasteiger charge is -2.41. The molecular formula is C39H44N2O12. The fourth-order valence-corrected chi connectivity index (χ4v) is 8.21. The summed E-state index contributed by atoms with van der Waals surface area (Å²) in [4.78, 5) is 29.0. The highest BCUT2D eigenvalue weighted by Gasteiger charge is 2.47. The van der Waals surface area contributed by atoms with Crippen LogP contribution >= 0.6 is 0 Å². The minimum absolute atomic E-state index is 0.0137. The van der Waals surface area contributed by atoms with E-state index >= 15 is 0 Å². The van der Waals surface area contributed by atoms with Gasteiger partial charge in [0.25, 0.3) is 0 Å². The van der Waals surface area contributed by atoms with Crippen molar-refractivity contribution < 1.29 is 59.9 Å². The zero-order valence-electron chi connectivity index (χ0n) is 28.9. The number of aliphatic hydroxyl groups is 8. The number of aliphatic hydroxyl groups excluding tert-OH is 8. The topological polar surface area (TPSA) is 221 Å². The molecular weight excluding hydrogens is 688 g/mol. The van der Waals surface area contributed by atoms with Crippen LogP contribution in [0, 0.1) is 23.7 Å². The maximum Gasteiger partial charge on any atom is 0.242 e. The molecule has 53 heavy (non-hydrogen) atoms. The Morgan fingerprint density at radius 3 is 1.64 bits per heavy atom. The number of carbonyl (C=O) groups excluding carboxylic acids is 2. The molecule has 0 unspecified atom stereocenters. The number of likely N-dealkylation sites (tertiary alicyclic amines) is 2. The van der Waals surface area contributed by atoms with Gasteiger partial charge in [0.15, 0.2) is 0 Å². The van der Waals surface area contributed by atoms with Crippen molar-refractivity contribution in [3.63, 3.8) is 0 Å². The Bertz CT molecular complexity index is 1750. The summed E-state index contributed by atoms with van der Waals surface area (Å²) in [5.41, 5.74) is 4.53. The minimum atomic E-state index is -1.55. The van der Waals surface area contributed by atoms with E-state index in [1.54, 1.807) is 9.80 Å². The number of fused-ring (bicyclic) bond motifs is 5. The molecule has 5 aliphatic rings. The fraction of sp³-hybridized carbons (Fsp3) is 0.538. The first-order valence-corrected chi connectivity index (χ1v) is 17.9. The molecule has 14 heteroatoms. The van der Waals surface area contributed by atoms with Crippen LogP contribution in [0.5, 0.6) is 0 Å². The van der Waals surface area contributed by atoms with Crippen LogP contribution in [0.25, 0.3) is 11.1 Å². The predicted octanol–water partition coefficient (Wildman–Crippen LogP) is -2.41. The third-order valence-electron chi connectivity index (χ3n) is 11.3. The zero-order chi connectivity index (χ0) is 37.6. The summed E-state index contributed by atoms with van der Waals surface area (Å²) in [6, 6.07) is 11.5. The minimum Gasteiger partial charge on any atom is -0.394 e. The van der Waals surface area contributed by atoms with Gasteiger partial charge in [-0.2, -0.15) is 0 Å². The van der Waals surface area contributed by atoms with Crippen LogP contribution < -0.4 is 0 Å². The molecule has 4 fully saturated rings. The van der Waals surface area contributed by atoms with E-state index in [0.717, 1.165) is 28.7 Å². The number of benzene rings is 2. The van der Waals surface area contributed by atoms with Crippen molar-refractivity contribution in [2.45, 2.75) is 92.1 Å². The van der Waals surface area contributed by atoms with Crippen molar-refractivity contribution in [2.24, 2.45) is 0 Å². The summed E-state index contributed by atoms with van der Waals surface area (Å²) in [5.74, 6) is 11.7. The standard InChI is InChI=1S/C39H44N2O12/c42-19-29-35(48)37(50)33(46)27(52-29)9-5-21-3-7-23-24-8-4-22(6-10-28-34(47)38(51)36(49)30(20-43)53-28)17-26(24)39(25(23)16-21)11-14-40(15-12-39)32(45)18-41-13-1-2-31(41)44/h3-4,7-8,16-17,27-30,33-38,42-43,46-51H,1-2,11-15,18-20H2/t27-,28-,29-,30-,33-,34-,35-,36-,37-,38-/m1/s1. The number of nitrogens with zero attached hydrogens (tertiary/aromatic N) is 2.